The van der Waals surface area contributed by atoms with Gasteiger partial charge in [-0.25, -0.2) is 17.9 Å². The summed E-state index contributed by atoms with van der Waals surface area (Å²) in [6.07, 6.45) is -0.131. The molecular weight excluding hydrogens is 419 g/mol. The van der Waals surface area contributed by atoms with E-state index < -0.39 is 35.7 Å². The first kappa shape index (κ1) is 20.9. The number of aliphatic hydroxyl groups excluding tert-OH is 2. The molecule has 1 aromatic heterocycles. The van der Waals surface area contributed by atoms with Gasteiger partial charge in [-0.1, -0.05) is 35.2 Å². The molecule has 1 aliphatic heterocycles. The van der Waals surface area contributed by atoms with Crippen molar-refractivity contribution in [3.05, 3.63) is 66.1 Å². The molecule has 0 unspecified atom stereocenters. The number of rotatable bonds is 5. The van der Waals surface area contributed by atoms with Crippen LogP contribution in [-0.4, -0.2) is 49.5 Å². The maximum atomic E-state index is 13.5. The van der Waals surface area contributed by atoms with Gasteiger partial charge in [0.05, 0.1) is 18.8 Å². The van der Waals surface area contributed by atoms with Crippen LogP contribution in [0.15, 0.2) is 53.6 Å². The molecule has 158 valence electrons. The molecule has 2 aromatic carbocycles. The Kier molecular flexibility index (Phi) is 6.09. The van der Waals surface area contributed by atoms with E-state index in [2.05, 4.69) is 10.3 Å². The highest BCUT2D eigenvalue weighted by molar-refractivity contribution is 7.99. The Morgan fingerprint density at radius 2 is 1.83 bits per heavy atom. The molecule has 1 saturated heterocycles. The van der Waals surface area contributed by atoms with Crippen LogP contribution in [0.1, 0.15) is 12.5 Å². The summed E-state index contributed by atoms with van der Waals surface area (Å²) in [6.45, 7) is -0.389. The Balaban J connectivity index is 1.58. The van der Waals surface area contributed by atoms with Gasteiger partial charge in [-0.05, 0) is 24.3 Å². The number of benzene rings is 2. The van der Waals surface area contributed by atoms with Crippen LogP contribution in [0.2, 0.25) is 0 Å². The third kappa shape index (κ3) is 4.22. The first-order valence-corrected chi connectivity index (χ1v) is 10.1. The average Bonchev–Trinajstić information content (AvgIpc) is 3.23. The number of halogens is 3. The third-order valence-electron chi connectivity index (χ3n) is 4.86. The highest BCUT2D eigenvalue weighted by Crippen LogP contribution is 2.37. The van der Waals surface area contributed by atoms with Crippen LogP contribution in [0.25, 0.3) is 11.3 Å². The third-order valence-corrected chi connectivity index (χ3v) is 5.97. The van der Waals surface area contributed by atoms with Crippen molar-refractivity contribution in [3.63, 3.8) is 0 Å². The monoisotopic (exact) mass is 437 g/mol. The summed E-state index contributed by atoms with van der Waals surface area (Å²) in [4.78, 5) is 0.964. The van der Waals surface area contributed by atoms with Gasteiger partial charge in [0, 0.05) is 16.9 Å². The topological polar surface area (TPSA) is 80.4 Å². The fraction of sp³-hybridized carbons (Fsp3) is 0.300. The number of ether oxygens (including phenoxy) is 1. The quantitative estimate of drug-likeness (QED) is 0.597. The standard InChI is InChI=1S/C20H18F3N3O3S/c21-13-6-11(7-14(22)19(13)23)15-9-26(25-24-15)16-8-18(29-17(10-27)20(16)28)30-12-4-2-1-3-5-12/h1-7,9,16-18,20,27-28H,8,10H2/t16-,17-,18-,20+/m1/s1. The summed E-state index contributed by atoms with van der Waals surface area (Å²) in [5.41, 5.74) is -0.223. The number of aromatic nitrogens is 3. The molecule has 10 heteroatoms. The lowest BCUT2D eigenvalue weighted by molar-refractivity contribution is -0.130. The van der Waals surface area contributed by atoms with Gasteiger partial charge in [-0.3, -0.25) is 0 Å². The molecular formula is C20H18F3N3O3S. The number of nitrogens with zero attached hydrogens (tertiary/aromatic N) is 3. The molecule has 4 rings (SSSR count). The van der Waals surface area contributed by atoms with E-state index >= 15 is 0 Å². The van der Waals surface area contributed by atoms with Gasteiger partial charge in [-0.15, -0.1) is 5.10 Å². The maximum Gasteiger partial charge on any atom is 0.194 e. The van der Waals surface area contributed by atoms with Crippen molar-refractivity contribution in [1.82, 2.24) is 15.0 Å². The van der Waals surface area contributed by atoms with Gasteiger partial charge in [0.2, 0.25) is 0 Å². The largest absolute Gasteiger partial charge is 0.394 e. The Labute approximate surface area is 174 Å². The molecule has 0 aliphatic carbocycles. The van der Waals surface area contributed by atoms with Crippen molar-refractivity contribution in [2.45, 2.75) is 35.0 Å². The smallest absolute Gasteiger partial charge is 0.194 e. The van der Waals surface area contributed by atoms with Crippen molar-refractivity contribution in [2.75, 3.05) is 6.61 Å². The molecule has 6 nitrogen and oxygen atoms in total. The summed E-state index contributed by atoms with van der Waals surface area (Å²) in [5, 5.41) is 28.1. The van der Waals surface area contributed by atoms with Gasteiger partial charge in [0.1, 0.15) is 23.3 Å². The molecule has 3 aromatic rings. The van der Waals surface area contributed by atoms with Crippen LogP contribution in [0, 0.1) is 17.5 Å². The Hall–Kier alpha value is -2.40. The lowest BCUT2D eigenvalue weighted by atomic mass is 10.00. The molecule has 2 heterocycles. The van der Waals surface area contributed by atoms with Crippen LogP contribution in [-0.2, 0) is 4.74 Å². The number of thioether (sulfide) groups is 1. The molecule has 1 aliphatic rings. The second-order valence-electron chi connectivity index (χ2n) is 6.85. The van der Waals surface area contributed by atoms with Crippen LogP contribution in [0.5, 0.6) is 0 Å². The summed E-state index contributed by atoms with van der Waals surface area (Å²) in [5.74, 6) is -4.21. The molecule has 0 radical (unpaired) electrons. The van der Waals surface area contributed by atoms with Gasteiger partial charge in [0.25, 0.3) is 0 Å². The van der Waals surface area contributed by atoms with Gasteiger partial charge >= 0.3 is 0 Å². The van der Waals surface area contributed by atoms with E-state index in [9.17, 15) is 23.4 Å². The molecule has 4 atom stereocenters. The number of hydrogen-bond acceptors (Lipinski definition) is 6. The van der Waals surface area contributed by atoms with E-state index in [-0.39, 0.29) is 23.3 Å². The minimum Gasteiger partial charge on any atom is -0.394 e. The van der Waals surface area contributed by atoms with E-state index in [1.54, 1.807) is 0 Å². The first-order valence-electron chi connectivity index (χ1n) is 9.19. The van der Waals surface area contributed by atoms with E-state index in [0.717, 1.165) is 17.0 Å². The molecule has 1 fully saturated rings. The van der Waals surface area contributed by atoms with Crippen molar-refractivity contribution in [1.29, 1.82) is 0 Å². The zero-order valence-electron chi connectivity index (χ0n) is 15.5. The van der Waals surface area contributed by atoms with Crippen molar-refractivity contribution in [3.8, 4) is 11.3 Å². The number of hydrogen-bond donors (Lipinski definition) is 2. The Bertz CT molecular complexity index is 998. The summed E-state index contributed by atoms with van der Waals surface area (Å²) < 4.78 is 47.5. The summed E-state index contributed by atoms with van der Waals surface area (Å²) >= 11 is 1.45. The minimum absolute atomic E-state index is 0.0214. The van der Waals surface area contributed by atoms with E-state index in [4.69, 9.17) is 4.74 Å². The highest BCUT2D eigenvalue weighted by Gasteiger charge is 2.39. The van der Waals surface area contributed by atoms with Crippen LogP contribution in [0.3, 0.4) is 0 Å². The molecule has 30 heavy (non-hydrogen) atoms. The van der Waals surface area contributed by atoms with Crippen LogP contribution < -0.4 is 0 Å². The molecule has 0 amide bonds. The predicted octanol–water partition coefficient (Wildman–Crippen LogP) is 3.16. The second-order valence-corrected chi connectivity index (χ2v) is 8.08. The fourth-order valence-electron chi connectivity index (χ4n) is 3.33. The summed E-state index contributed by atoms with van der Waals surface area (Å²) in [6, 6.07) is 10.6. The predicted molar refractivity (Wildman–Crippen MR) is 103 cm³/mol. The zero-order chi connectivity index (χ0) is 21.3. The van der Waals surface area contributed by atoms with Gasteiger partial charge < -0.3 is 14.9 Å². The van der Waals surface area contributed by atoms with Gasteiger partial charge in [-0.2, -0.15) is 0 Å². The molecule has 0 bridgehead atoms. The second kappa shape index (κ2) is 8.76. The zero-order valence-corrected chi connectivity index (χ0v) is 16.3. The fourth-order valence-corrected chi connectivity index (χ4v) is 4.44. The SMILES string of the molecule is OC[C@H]1O[C@H](Sc2ccccc2)C[C@@H](n2cc(-c3cc(F)c(F)c(F)c3)nn2)[C@@H]1O. The van der Waals surface area contributed by atoms with E-state index in [0.29, 0.717) is 6.42 Å². The lowest BCUT2D eigenvalue weighted by Crippen LogP contribution is -2.47. The van der Waals surface area contributed by atoms with Crippen molar-refractivity contribution >= 4 is 11.8 Å². The molecule has 2 N–H and O–H groups in total. The average molecular weight is 437 g/mol. The summed E-state index contributed by atoms with van der Waals surface area (Å²) in [7, 11) is 0. The normalized spacial score (nSPS) is 24.2. The number of aliphatic hydroxyl groups is 2. The minimum atomic E-state index is -1.56. The first-order chi connectivity index (χ1) is 14.5. The van der Waals surface area contributed by atoms with E-state index in [1.165, 1.54) is 22.6 Å². The van der Waals surface area contributed by atoms with Crippen LogP contribution >= 0.6 is 11.8 Å². The highest BCUT2D eigenvalue weighted by atomic mass is 32.2. The van der Waals surface area contributed by atoms with E-state index in [1.807, 2.05) is 30.3 Å². The Morgan fingerprint density at radius 3 is 2.50 bits per heavy atom. The van der Waals surface area contributed by atoms with Crippen molar-refractivity contribution in [2.24, 2.45) is 0 Å². The lowest BCUT2D eigenvalue weighted by Gasteiger charge is -2.38. The molecule has 0 spiro atoms. The molecule has 0 saturated carbocycles. The van der Waals surface area contributed by atoms with Crippen molar-refractivity contribution < 1.29 is 28.1 Å². The van der Waals surface area contributed by atoms with Gasteiger partial charge in [0.15, 0.2) is 17.5 Å². The Morgan fingerprint density at radius 1 is 1.13 bits per heavy atom. The maximum absolute atomic E-state index is 13.5. The van der Waals surface area contributed by atoms with Crippen LogP contribution in [0.4, 0.5) is 13.2 Å².